The first-order chi connectivity index (χ1) is 12.9. The number of hydrogen-bond acceptors (Lipinski definition) is 4. The molecule has 1 fully saturated rings. The summed E-state index contributed by atoms with van der Waals surface area (Å²) in [6.07, 6.45) is -0.844. The fraction of sp³-hybridized carbons (Fsp3) is 0.333. The molecule has 1 saturated heterocycles. The summed E-state index contributed by atoms with van der Waals surface area (Å²) < 4.78 is 19.1. The summed E-state index contributed by atoms with van der Waals surface area (Å²) in [5.41, 5.74) is 2.21. The molecule has 0 aliphatic carbocycles. The predicted octanol–water partition coefficient (Wildman–Crippen LogP) is 2.38. The molecule has 1 N–H and O–H groups in total. The number of likely N-dealkylation sites (tertiary alicyclic amines) is 1. The van der Waals surface area contributed by atoms with Gasteiger partial charge >= 0.3 is 5.97 Å². The Morgan fingerprint density at radius 3 is 2.59 bits per heavy atom. The van der Waals surface area contributed by atoms with E-state index in [1.165, 1.54) is 17.0 Å². The van der Waals surface area contributed by atoms with Gasteiger partial charge in [-0.2, -0.15) is 0 Å². The van der Waals surface area contributed by atoms with Gasteiger partial charge in [-0.15, -0.1) is 0 Å². The summed E-state index contributed by atoms with van der Waals surface area (Å²) in [5, 5.41) is 9.93. The number of aliphatic hydroxyl groups is 1. The molecule has 1 aliphatic rings. The van der Waals surface area contributed by atoms with Crippen molar-refractivity contribution in [2.24, 2.45) is 0 Å². The Hall–Kier alpha value is -2.73. The predicted molar refractivity (Wildman–Crippen MR) is 97.2 cm³/mol. The van der Waals surface area contributed by atoms with Gasteiger partial charge in [-0.25, -0.2) is 9.18 Å². The summed E-state index contributed by atoms with van der Waals surface area (Å²) in [5.74, 6) is -1.44. The maximum Gasteiger partial charge on any atom is 0.329 e. The summed E-state index contributed by atoms with van der Waals surface area (Å²) in [6.45, 7) is 2.10. The van der Waals surface area contributed by atoms with Crippen molar-refractivity contribution in [3.05, 3.63) is 71.0 Å². The fourth-order valence-electron chi connectivity index (χ4n) is 3.15. The number of ether oxygens (including phenoxy) is 1. The van der Waals surface area contributed by atoms with Gasteiger partial charge in [0.2, 0.25) is 5.91 Å². The molecule has 1 heterocycles. The molecule has 1 aliphatic heterocycles. The number of aryl methyl sites for hydroxylation is 1. The molecule has 0 unspecified atom stereocenters. The number of halogens is 1. The molecule has 2 aromatic rings. The van der Waals surface area contributed by atoms with Crippen molar-refractivity contribution >= 4 is 11.9 Å². The van der Waals surface area contributed by atoms with E-state index in [2.05, 4.69) is 0 Å². The van der Waals surface area contributed by atoms with Gasteiger partial charge in [0.15, 0.2) is 0 Å². The van der Waals surface area contributed by atoms with Crippen LogP contribution in [0.15, 0.2) is 48.5 Å². The quantitative estimate of drug-likeness (QED) is 0.820. The normalized spacial score (nSPS) is 19.1. The molecule has 2 atom stereocenters. The van der Waals surface area contributed by atoms with Crippen LogP contribution >= 0.6 is 0 Å². The van der Waals surface area contributed by atoms with Crippen molar-refractivity contribution in [1.29, 1.82) is 0 Å². The van der Waals surface area contributed by atoms with E-state index >= 15 is 0 Å². The number of nitrogens with zero attached hydrogens (tertiary/aromatic N) is 1. The SMILES string of the molecule is Cc1ccc(COC(=O)[C@@H]2C[C@@H](O)CN2C(=O)Cc2ccccc2F)cc1. The van der Waals surface area contributed by atoms with E-state index in [-0.39, 0.29) is 31.6 Å². The van der Waals surface area contributed by atoms with Crippen LogP contribution in [0.2, 0.25) is 0 Å². The second-order valence-electron chi connectivity index (χ2n) is 6.81. The van der Waals surface area contributed by atoms with Gasteiger partial charge < -0.3 is 14.7 Å². The zero-order chi connectivity index (χ0) is 19.4. The highest BCUT2D eigenvalue weighted by Crippen LogP contribution is 2.22. The zero-order valence-electron chi connectivity index (χ0n) is 15.1. The maximum atomic E-state index is 13.8. The standard InChI is InChI=1S/C21H22FNO4/c1-14-6-8-15(9-7-14)13-27-21(26)19-11-17(24)12-23(19)20(25)10-16-4-2-3-5-18(16)22/h2-9,17,19,24H,10-13H2,1H3/t17-,19+/m1/s1. The molecule has 0 radical (unpaired) electrons. The fourth-order valence-corrected chi connectivity index (χ4v) is 3.15. The van der Waals surface area contributed by atoms with Crippen molar-refractivity contribution < 1.29 is 23.8 Å². The molecule has 5 nitrogen and oxygen atoms in total. The molecular weight excluding hydrogens is 349 g/mol. The first-order valence-electron chi connectivity index (χ1n) is 8.87. The highest BCUT2D eigenvalue weighted by molar-refractivity contribution is 5.86. The highest BCUT2D eigenvalue weighted by Gasteiger charge is 2.39. The lowest BCUT2D eigenvalue weighted by atomic mass is 10.1. The Balaban J connectivity index is 1.64. The van der Waals surface area contributed by atoms with Gasteiger partial charge in [-0.1, -0.05) is 48.0 Å². The van der Waals surface area contributed by atoms with Crippen molar-refractivity contribution in [2.45, 2.75) is 38.5 Å². The average molecular weight is 371 g/mol. The molecule has 0 aromatic heterocycles. The highest BCUT2D eigenvalue weighted by atomic mass is 19.1. The number of β-amino-alcohol motifs (C(OH)–C–C–N with tert-alkyl or cyclic N) is 1. The third kappa shape index (κ3) is 4.71. The Morgan fingerprint density at radius 2 is 1.89 bits per heavy atom. The summed E-state index contributed by atoms with van der Waals surface area (Å²) in [7, 11) is 0. The van der Waals surface area contributed by atoms with Crippen LogP contribution in [0.5, 0.6) is 0 Å². The van der Waals surface area contributed by atoms with Crippen LogP contribution in [-0.4, -0.2) is 40.6 Å². The summed E-state index contributed by atoms with van der Waals surface area (Å²) >= 11 is 0. The number of aliphatic hydroxyl groups excluding tert-OH is 1. The number of carbonyl (C=O) groups is 2. The lowest BCUT2D eigenvalue weighted by Gasteiger charge is -2.23. The first-order valence-corrected chi connectivity index (χ1v) is 8.87. The molecule has 27 heavy (non-hydrogen) atoms. The Morgan fingerprint density at radius 1 is 1.19 bits per heavy atom. The van der Waals surface area contributed by atoms with E-state index < -0.39 is 29.8 Å². The number of carbonyl (C=O) groups excluding carboxylic acids is 2. The van der Waals surface area contributed by atoms with E-state index in [0.717, 1.165) is 11.1 Å². The second-order valence-corrected chi connectivity index (χ2v) is 6.81. The van der Waals surface area contributed by atoms with E-state index in [4.69, 9.17) is 4.74 Å². The molecule has 6 heteroatoms. The molecule has 142 valence electrons. The van der Waals surface area contributed by atoms with Crippen LogP contribution in [0.4, 0.5) is 4.39 Å². The minimum Gasteiger partial charge on any atom is -0.459 e. The molecule has 2 aromatic carbocycles. The average Bonchev–Trinajstić information content (AvgIpc) is 3.05. The Kier molecular flexibility index (Phi) is 5.86. The first kappa shape index (κ1) is 19.0. The summed E-state index contributed by atoms with van der Waals surface area (Å²) in [4.78, 5) is 26.3. The van der Waals surface area contributed by atoms with Crippen LogP contribution in [0.1, 0.15) is 23.1 Å². The smallest absolute Gasteiger partial charge is 0.329 e. The van der Waals surface area contributed by atoms with E-state index in [1.807, 2.05) is 31.2 Å². The lowest BCUT2D eigenvalue weighted by molar-refractivity contribution is -0.154. The molecule has 0 spiro atoms. The van der Waals surface area contributed by atoms with Crippen LogP contribution in [0.3, 0.4) is 0 Å². The van der Waals surface area contributed by atoms with Crippen molar-refractivity contribution in [3.8, 4) is 0 Å². The van der Waals surface area contributed by atoms with Crippen LogP contribution in [0, 0.1) is 12.7 Å². The molecule has 3 rings (SSSR count). The third-order valence-electron chi connectivity index (χ3n) is 4.67. The number of amides is 1. The van der Waals surface area contributed by atoms with Crippen LogP contribution < -0.4 is 0 Å². The second kappa shape index (κ2) is 8.31. The monoisotopic (exact) mass is 371 g/mol. The Labute approximate surface area is 157 Å². The number of hydrogen-bond donors (Lipinski definition) is 1. The van der Waals surface area contributed by atoms with Gasteiger partial charge in [0.1, 0.15) is 18.5 Å². The molecular formula is C21H22FNO4. The van der Waals surface area contributed by atoms with E-state index in [0.29, 0.717) is 0 Å². The maximum absolute atomic E-state index is 13.8. The molecule has 1 amide bonds. The van der Waals surface area contributed by atoms with E-state index in [1.54, 1.807) is 12.1 Å². The topological polar surface area (TPSA) is 66.8 Å². The minimum absolute atomic E-state index is 0.0393. The van der Waals surface area contributed by atoms with Crippen LogP contribution in [-0.2, 0) is 27.4 Å². The number of rotatable bonds is 5. The van der Waals surface area contributed by atoms with E-state index in [9.17, 15) is 19.1 Å². The molecule has 0 saturated carbocycles. The van der Waals surface area contributed by atoms with Gasteiger partial charge in [-0.05, 0) is 24.1 Å². The minimum atomic E-state index is -0.857. The Bertz CT molecular complexity index is 821. The van der Waals surface area contributed by atoms with Crippen molar-refractivity contribution in [3.63, 3.8) is 0 Å². The number of esters is 1. The van der Waals surface area contributed by atoms with Gasteiger partial charge in [-0.3, -0.25) is 4.79 Å². The van der Waals surface area contributed by atoms with Crippen molar-refractivity contribution in [1.82, 2.24) is 4.90 Å². The van der Waals surface area contributed by atoms with Crippen LogP contribution in [0.25, 0.3) is 0 Å². The van der Waals surface area contributed by atoms with Gasteiger partial charge in [0, 0.05) is 13.0 Å². The summed E-state index contributed by atoms with van der Waals surface area (Å²) in [6, 6.07) is 12.7. The van der Waals surface area contributed by atoms with Gasteiger partial charge in [0.25, 0.3) is 0 Å². The largest absolute Gasteiger partial charge is 0.459 e. The zero-order valence-corrected chi connectivity index (χ0v) is 15.1. The number of benzene rings is 2. The van der Waals surface area contributed by atoms with Gasteiger partial charge in [0.05, 0.1) is 12.5 Å². The van der Waals surface area contributed by atoms with Crippen molar-refractivity contribution in [2.75, 3.05) is 6.54 Å². The lowest BCUT2D eigenvalue weighted by Crippen LogP contribution is -2.42. The third-order valence-corrected chi connectivity index (χ3v) is 4.67. The molecule has 0 bridgehead atoms.